The van der Waals surface area contributed by atoms with Gasteiger partial charge in [-0.2, -0.15) is 5.26 Å². The lowest BCUT2D eigenvalue weighted by Gasteiger charge is -2.19. The minimum atomic E-state index is -0.793. The molecule has 0 saturated carbocycles. The standard InChI is InChI=1S/C17H20ClN3O2/c1-10-12(18)7-13-14(20-10)11(17(5,6)9-19)8-21(13)15(22)23-16(2,3)4/h7-8H,1-6H3. The highest BCUT2D eigenvalue weighted by atomic mass is 35.5. The molecule has 2 rings (SSSR count). The van der Waals surface area contributed by atoms with Crippen LogP contribution in [0.3, 0.4) is 0 Å². The molecule has 0 aliphatic heterocycles. The van der Waals surface area contributed by atoms with Crippen LogP contribution in [0, 0.1) is 18.3 Å². The summed E-state index contributed by atoms with van der Waals surface area (Å²) in [5.41, 5.74) is 1.02. The Kier molecular flexibility index (Phi) is 4.16. The molecule has 0 aliphatic carbocycles. The quantitative estimate of drug-likeness (QED) is 0.765. The number of aryl methyl sites for hydroxylation is 1. The molecule has 0 fully saturated rings. The zero-order valence-corrected chi connectivity index (χ0v) is 14.9. The molecule has 2 heterocycles. The van der Waals surface area contributed by atoms with Gasteiger partial charge >= 0.3 is 6.09 Å². The normalized spacial score (nSPS) is 12.3. The van der Waals surface area contributed by atoms with Crippen LogP contribution in [0.4, 0.5) is 4.79 Å². The van der Waals surface area contributed by atoms with Crippen molar-refractivity contribution < 1.29 is 9.53 Å². The molecule has 2 aromatic rings. The van der Waals surface area contributed by atoms with Crippen LogP contribution in [-0.2, 0) is 10.2 Å². The highest BCUT2D eigenvalue weighted by Gasteiger charge is 2.29. The molecule has 0 atom stereocenters. The van der Waals surface area contributed by atoms with E-state index >= 15 is 0 Å². The summed E-state index contributed by atoms with van der Waals surface area (Å²) in [6.07, 6.45) is 1.09. The molecule has 0 N–H and O–H groups in total. The summed E-state index contributed by atoms with van der Waals surface area (Å²) >= 11 is 6.16. The van der Waals surface area contributed by atoms with Crippen LogP contribution in [0.1, 0.15) is 45.9 Å². The Morgan fingerprint density at radius 3 is 2.48 bits per heavy atom. The average molecular weight is 334 g/mol. The first-order valence-electron chi connectivity index (χ1n) is 7.29. The second-order valence-electron chi connectivity index (χ2n) is 7.05. The number of fused-ring (bicyclic) bond motifs is 1. The average Bonchev–Trinajstić information content (AvgIpc) is 2.77. The Labute approximate surface area is 140 Å². The van der Waals surface area contributed by atoms with Crippen LogP contribution in [-0.4, -0.2) is 21.2 Å². The fourth-order valence-electron chi connectivity index (χ4n) is 2.19. The van der Waals surface area contributed by atoms with Crippen molar-refractivity contribution in [3.05, 3.63) is 28.5 Å². The van der Waals surface area contributed by atoms with Crippen LogP contribution in [0.25, 0.3) is 11.0 Å². The SMILES string of the molecule is Cc1nc2c(C(C)(C)C#N)cn(C(=O)OC(C)(C)C)c2cc1Cl. The maximum Gasteiger partial charge on any atom is 0.419 e. The highest BCUT2D eigenvalue weighted by Crippen LogP contribution is 2.33. The van der Waals surface area contributed by atoms with Crippen molar-refractivity contribution in [1.29, 1.82) is 5.26 Å². The largest absolute Gasteiger partial charge is 0.443 e. The molecule has 122 valence electrons. The van der Waals surface area contributed by atoms with Gasteiger partial charge in [-0.05, 0) is 47.6 Å². The summed E-state index contributed by atoms with van der Waals surface area (Å²) < 4.78 is 6.80. The molecule has 0 aliphatic rings. The Balaban J connectivity index is 2.74. The second-order valence-corrected chi connectivity index (χ2v) is 7.46. The van der Waals surface area contributed by atoms with E-state index in [1.54, 1.807) is 53.8 Å². The molecule has 0 bridgehead atoms. The van der Waals surface area contributed by atoms with Gasteiger partial charge in [0.25, 0.3) is 0 Å². The number of halogens is 1. The van der Waals surface area contributed by atoms with E-state index in [1.165, 1.54) is 4.57 Å². The van der Waals surface area contributed by atoms with E-state index < -0.39 is 17.1 Å². The monoisotopic (exact) mass is 333 g/mol. The van der Waals surface area contributed by atoms with Gasteiger partial charge in [-0.15, -0.1) is 0 Å². The number of carbonyl (C=O) groups is 1. The summed E-state index contributed by atoms with van der Waals surface area (Å²) in [6, 6.07) is 3.93. The van der Waals surface area contributed by atoms with Crippen LogP contribution in [0.15, 0.2) is 12.3 Å². The van der Waals surface area contributed by atoms with Crippen molar-refractivity contribution in [2.45, 2.75) is 52.6 Å². The zero-order valence-electron chi connectivity index (χ0n) is 14.2. The first-order chi connectivity index (χ1) is 10.5. The molecule has 0 aromatic carbocycles. The Morgan fingerprint density at radius 1 is 1.35 bits per heavy atom. The smallest absolute Gasteiger partial charge is 0.419 e. The predicted octanol–water partition coefficient (Wildman–Crippen LogP) is 4.58. The molecule has 0 radical (unpaired) electrons. The molecule has 23 heavy (non-hydrogen) atoms. The lowest BCUT2D eigenvalue weighted by molar-refractivity contribution is 0.0544. The Hall–Kier alpha value is -2.06. The van der Waals surface area contributed by atoms with Crippen LogP contribution in [0.2, 0.25) is 5.02 Å². The first-order valence-corrected chi connectivity index (χ1v) is 7.67. The number of ether oxygens (including phenoxy) is 1. The van der Waals surface area contributed by atoms with Gasteiger partial charge in [0.05, 0.1) is 33.2 Å². The topological polar surface area (TPSA) is 67.9 Å². The maximum atomic E-state index is 12.5. The lowest BCUT2D eigenvalue weighted by atomic mass is 9.87. The molecule has 0 spiro atoms. The van der Waals surface area contributed by atoms with Crippen molar-refractivity contribution in [3.63, 3.8) is 0 Å². The first kappa shape index (κ1) is 17.3. The minimum Gasteiger partial charge on any atom is -0.443 e. The van der Waals surface area contributed by atoms with Crippen molar-refractivity contribution in [3.8, 4) is 6.07 Å². The summed E-state index contributed by atoms with van der Waals surface area (Å²) in [6.45, 7) is 10.7. The third-order valence-corrected chi connectivity index (χ3v) is 3.83. The molecule has 0 unspecified atom stereocenters. The number of aromatic nitrogens is 2. The molecule has 0 saturated heterocycles. The molecule has 5 nitrogen and oxygen atoms in total. The minimum absolute atomic E-state index is 0.460. The molecule has 6 heteroatoms. The lowest BCUT2D eigenvalue weighted by Crippen LogP contribution is -2.26. The Morgan fingerprint density at radius 2 is 1.96 bits per heavy atom. The van der Waals surface area contributed by atoms with Gasteiger partial charge in [0.15, 0.2) is 0 Å². The van der Waals surface area contributed by atoms with Crippen LogP contribution < -0.4 is 0 Å². The fourth-order valence-corrected chi connectivity index (χ4v) is 2.34. The number of nitrogens with zero attached hydrogens (tertiary/aromatic N) is 3. The van der Waals surface area contributed by atoms with E-state index in [-0.39, 0.29) is 0 Å². The molecule has 2 aromatic heterocycles. The predicted molar refractivity (Wildman–Crippen MR) is 89.8 cm³/mol. The molecule has 0 amide bonds. The summed E-state index contributed by atoms with van der Waals surface area (Å²) in [5, 5.41) is 9.90. The zero-order chi connectivity index (χ0) is 17.6. The number of nitriles is 1. The Bertz CT molecular complexity index is 823. The van der Waals surface area contributed by atoms with Crippen molar-refractivity contribution >= 4 is 28.7 Å². The number of pyridine rings is 1. The van der Waals surface area contributed by atoms with Gasteiger partial charge in [-0.1, -0.05) is 11.6 Å². The third kappa shape index (κ3) is 3.32. The van der Waals surface area contributed by atoms with Gasteiger partial charge in [-0.25, -0.2) is 9.78 Å². The summed E-state index contributed by atoms with van der Waals surface area (Å²) in [5.74, 6) is 0. The maximum absolute atomic E-state index is 12.5. The highest BCUT2D eigenvalue weighted by molar-refractivity contribution is 6.31. The van der Waals surface area contributed by atoms with Gasteiger partial charge in [-0.3, -0.25) is 4.57 Å². The van der Waals surface area contributed by atoms with Gasteiger partial charge < -0.3 is 4.74 Å². The van der Waals surface area contributed by atoms with Crippen molar-refractivity contribution in [2.75, 3.05) is 0 Å². The van der Waals surface area contributed by atoms with Gasteiger partial charge in [0.1, 0.15) is 5.60 Å². The van der Waals surface area contributed by atoms with E-state index in [9.17, 15) is 10.1 Å². The van der Waals surface area contributed by atoms with E-state index in [0.29, 0.717) is 27.3 Å². The number of rotatable bonds is 1. The van der Waals surface area contributed by atoms with E-state index in [1.807, 2.05) is 0 Å². The van der Waals surface area contributed by atoms with Crippen molar-refractivity contribution in [1.82, 2.24) is 9.55 Å². The van der Waals surface area contributed by atoms with Gasteiger partial charge in [0.2, 0.25) is 0 Å². The van der Waals surface area contributed by atoms with Crippen LogP contribution >= 0.6 is 11.6 Å². The van der Waals surface area contributed by atoms with Crippen LogP contribution in [0.5, 0.6) is 0 Å². The van der Waals surface area contributed by atoms with Gasteiger partial charge in [0, 0.05) is 11.8 Å². The number of carbonyl (C=O) groups excluding carboxylic acids is 1. The third-order valence-electron chi connectivity index (χ3n) is 3.45. The number of hydrogen-bond donors (Lipinski definition) is 0. The number of hydrogen-bond acceptors (Lipinski definition) is 4. The molecular formula is C17H20ClN3O2. The summed E-state index contributed by atoms with van der Waals surface area (Å²) in [7, 11) is 0. The van der Waals surface area contributed by atoms with E-state index in [0.717, 1.165) is 0 Å². The molecular weight excluding hydrogens is 314 g/mol. The fraction of sp³-hybridized carbons (Fsp3) is 0.471. The van der Waals surface area contributed by atoms with E-state index in [2.05, 4.69) is 11.1 Å². The summed E-state index contributed by atoms with van der Waals surface area (Å²) in [4.78, 5) is 17.0. The second kappa shape index (κ2) is 5.54. The van der Waals surface area contributed by atoms with E-state index in [4.69, 9.17) is 16.3 Å². The van der Waals surface area contributed by atoms with Crippen molar-refractivity contribution in [2.24, 2.45) is 0 Å².